The minimum atomic E-state index is -0.131. The monoisotopic (exact) mass is 293 g/mol. The quantitative estimate of drug-likeness (QED) is 0.728. The van der Waals surface area contributed by atoms with Gasteiger partial charge in [0.15, 0.2) is 6.61 Å². The number of carbonyl (C=O) groups excluding carboxylic acids is 1. The summed E-state index contributed by atoms with van der Waals surface area (Å²) < 4.78 is 10.8. The van der Waals surface area contributed by atoms with Crippen molar-refractivity contribution in [3.8, 4) is 11.5 Å². The van der Waals surface area contributed by atoms with Crippen LogP contribution in [-0.4, -0.2) is 37.4 Å². The third-order valence-electron chi connectivity index (χ3n) is 3.76. The van der Waals surface area contributed by atoms with Crippen LogP contribution in [0.3, 0.4) is 0 Å². The van der Waals surface area contributed by atoms with Gasteiger partial charge in [-0.15, -0.1) is 0 Å². The Hall–Kier alpha value is -1.75. The van der Waals surface area contributed by atoms with E-state index in [2.05, 4.69) is 5.32 Å². The summed E-state index contributed by atoms with van der Waals surface area (Å²) in [6.07, 6.45) is 2.91. The Morgan fingerprint density at radius 1 is 1.24 bits per heavy atom. The number of benzene rings is 1. The summed E-state index contributed by atoms with van der Waals surface area (Å²) in [5.74, 6) is 1.30. The molecule has 1 aliphatic carbocycles. The standard InChI is InChI=1S/C16H23NO4/c1-2-20-13-3-5-14(6-4-13)21-11-15(19)17-12-16(7-8-16)9-10-18/h3-6,18H,2,7-12H2,1H3,(H,17,19). The summed E-state index contributed by atoms with van der Waals surface area (Å²) in [6.45, 7) is 3.36. The number of aliphatic hydroxyl groups excluding tert-OH is 1. The SMILES string of the molecule is CCOc1ccc(OCC(=O)NCC2(CCO)CC2)cc1. The molecule has 5 heteroatoms. The fourth-order valence-electron chi connectivity index (χ4n) is 2.21. The fourth-order valence-corrected chi connectivity index (χ4v) is 2.21. The molecule has 1 fully saturated rings. The summed E-state index contributed by atoms with van der Waals surface area (Å²) in [6, 6.07) is 7.20. The Balaban J connectivity index is 1.69. The van der Waals surface area contributed by atoms with Crippen LogP contribution in [0.4, 0.5) is 0 Å². The van der Waals surface area contributed by atoms with Crippen LogP contribution in [0.1, 0.15) is 26.2 Å². The Bertz CT molecular complexity index is 454. The molecule has 1 aromatic rings. The van der Waals surface area contributed by atoms with Crippen molar-refractivity contribution in [3.63, 3.8) is 0 Å². The Labute approximate surface area is 125 Å². The van der Waals surface area contributed by atoms with Gasteiger partial charge in [0.2, 0.25) is 0 Å². The molecule has 1 aliphatic rings. The van der Waals surface area contributed by atoms with E-state index in [1.807, 2.05) is 19.1 Å². The molecule has 0 aromatic heterocycles. The van der Waals surface area contributed by atoms with Gasteiger partial charge in [-0.25, -0.2) is 0 Å². The second kappa shape index (κ2) is 7.31. The molecule has 0 heterocycles. The first-order valence-corrected chi connectivity index (χ1v) is 7.41. The first-order valence-electron chi connectivity index (χ1n) is 7.41. The lowest BCUT2D eigenvalue weighted by atomic mass is 10.0. The maximum Gasteiger partial charge on any atom is 0.257 e. The summed E-state index contributed by atoms with van der Waals surface area (Å²) in [4.78, 5) is 11.7. The van der Waals surface area contributed by atoms with Crippen molar-refractivity contribution >= 4 is 5.91 Å². The normalized spacial score (nSPS) is 15.3. The first kappa shape index (κ1) is 15.6. The van der Waals surface area contributed by atoms with Crippen molar-refractivity contribution < 1.29 is 19.4 Å². The number of ether oxygens (including phenoxy) is 2. The highest BCUT2D eigenvalue weighted by atomic mass is 16.5. The van der Waals surface area contributed by atoms with Crippen LogP contribution in [0, 0.1) is 5.41 Å². The van der Waals surface area contributed by atoms with Gasteiger partial charge in [-0.3, -0.25) is 4.79 Å². The van der Waals surface area contributed by atoms with E-state index in [4.69, 9.17) is 14.6 Å². The van der Waals surface area contributed by atoms with E-state index < -0.39 is 0 Å². The molecule has 0 saturated heterocycles. The Morgan fingerprint density at radius 3 is 2.38 bits per heavy atom. The fraction of sp³-hybridized carbons (Fsp3) is 0.562. The highest BCUT2D eigenvalue weighted by Crippen LogP contribution is 2.47. The maximum atomic E-state index is 11.7. The van der Waals surface area contributed by atoms with Crippen molar-refractivity contribution in [3.05, 3.63) is 24.3 Å². The van der Waals surface area contributed by atoms with E-state index in [9.17, 15) is 4.79 Å². The maximum absolute atomic E-state index is 11.7. The first-order chi connectivity index (χ1) is 10.2. The van der Waals surface area contributed by atoms with E-state index in [1.165, 1.54) is 0 Å². The molecule has 2 rings (SSSR count). The number of amides is 1. The van der Waals surface area contributed by atoms with Crippen LogP contribution in [0.5, 0.6) is 11.5 Å². The summed E-state index contributed by atoms with van der Waals surface area (Å²) in [7, 11) is 0. The van der Waals surface area contributed by atoms with E-state index in [0.29, 0.717) is 18.9 Å². The van der Waals surface area contributed by atoms with Gasteiger partial charge >= 0.3 is 0 Å². The predicted octanol–water partition coefficient (Wildman–Crippen LogP) is 1.74. The van der Waals surface area contributed by atoms with Crippen molar-refractivity contribution in [1.82, 2.24) is 5.32 Å². The molecule has 0 atom stereocenters. The number of hydrogen-bond acceptors (Lipinski definition) is 4. The van der Waals surface area contributed by atoms with Gasteiger partial charge in [0.05, 0.1) is 6.61 Å². The van der Waals surface area contributed by atoms with Crippen LogP contribution in [0.25, 0.3) is 0 Å². The summed E-state index contributed by atoms with van der Waals surface area (Å²) >= 11 is 0. The zero-order valence-corrected chi connectivity index (χ0v) is 12.4. The van der Waals surface area contributed by atoms with Crippen molar-refractivity contribution in [1.29, 1.82) is 0 Å². The van der Waals surface area contributed by atoms with Gasteiger partial charge in [-0.2, -0.15) is 0 Å². The molecule has 1 saturated carbocycles. The number of aliphatic hydroxyl groups is 1. The lowest BCUT2D eigenvalue weighted by molar-refractivity contribution is -0.123. The molecule has 0 radical (unpaired) electrons. The van der Waals surface area contributed by atoms with Crippen LogP contribution in [0.15, 0.2) is 24.3 Å². The van der Waals surface area contributed by atoms with E-state index in [-0.39, 0.29) is 24.5 Å². The number of rotatable bonds is 9. The van der Waals surface area contributed by atoms with Crippen LogP contribution < -0.4 is 14.8 Å². The average molecular weight is 293 g/mol. The predicted molar refractivity (Wildman–Crippen MR) is 79.5 cm³/mol. The van der Waals surface area contributed by atoms with Crippen molar-refractivity contribution in [2.75, 3.05) is 26.4 Å². The minimum Gasteiger partial charge on any atom is -0.494 e. The molecular formula is C16H23NO4. The molecule has 0 aliphatic heterocycles. The van der Waals surface area contributed by atoms with E-state index in [0.717, 1.165) is 25.0 Å². The minimum absolute atomic E-state index is 0.00316. The van der Waals surface area contributed by atoms with Gasteiger partial charge in [-0.05, 0) is 55.9 Å². The molecule has 0 unspecified atom stereocenters. The molecule has 21 heavy (non-hydrogen) atoms. The summed E-state index contributed by atoms with van der Waals surface area (Å²) in [5, 5.41) is 11.8. The highest BCUT2D eigenvalue weighted by molar-refractivity contribution is 5.77. The largest absolute Gasteiger partial charge is 0.494 e. The topological polar surface area (TPSA) is 67.8 Å². The molecule has 0 bridgehead atoms. The van der Waals surface area contributed by atoms with Gasteiger partial charge < -0.3 is 19.9 Å². The second-order valence-electron chi connectivity index (χ2n) is 5.44. The zero-order valence-electron chi connectivity index (χ0n) is 12.4. The molecule has 116 valence electrons. The van der Waals surface area contributed by atoms with Gasteiger partial charge in [-0.1, -0.05) is 0 Å². The zero-order chi connectivity index (χ0) is 15.1. The Kier molecular flexibility index (Phi) is 5.44. The number of carbonyl (C=O) groups is 1. The van der Waals surface area contributed by atoms with Gasteiger partial charge in [0, 0.05) is 13.2 Å². The lowest BCUT2D eigenvalue weighted by Gasteiger charge is -2.14. The van der Waals surface area contributed by atoms with E-state index in [1.54, 1.807) is 12.1 Å². The summed E-state index contributed by atoms with van der Waals surface area (Å²) in [5.41, 5.74) is 0.129. The van der Waals surface area contributed by atoms with Crippen LogP contribution >= 0.6 is 0 Å². The van der Waals surface area contributed by atoms with Crippen LogP contribution in [0.2, 0.25) is 0 Å². The third kappa shape index (κ3) is 4.93. The number of hydrogen-bond donors (Lipinski definition) is 2. The molecule has 2 N–H and O–H groups in total. The average Bonchev–Trinajstić information content (AvgIpc) is 3.25. The molecule has 0 spiro atoms. The van der Waals surface area contributed by atoms with Crippen molar-refractivity contribution in [2.24, 2.45) is 5.41 Å². The van der Waals surface area contributed by atoms with Gasteiger partial charge in [0.1, 0.15) is 11.5 Å². The smallest absolute Gasteiger partial charge is 0.257 e. The lowest BCUT2D eigenvalue weighted by Crippen LogP contribution is -2.34. The molecular weight excluding hydrogens is 270 g/mol. The molecule has 5 nitrogen and oxygen atoms in total. The third-order valence-corrected chi connectivity index (χ3v) is 3.76. The van der Waals surface area contributed by atoms with Crippen molar-refractivity contribution in [2.45, 2.75) is 26.2 Å². The van der Waals surface area contributed by atoms with E-state index >= 15 is 0 Å². The van der Waals surface area contributed by atoms with Gasteiger partial charge in [0.25, 0.3) is 5.91 Å². The van der Waals surface area contributed by atoms with Crippen LogP contribution in [-0.2, 0) is 4.79 Å². The molecule has 1 amide bonds. The Morgan fingerprint density at radius 2 is 1.86 bits per heavy atom. The highest BCUT2D eigenvalue weighted by Gasteiger charge is 2.41. The molecule has 1 aromatic carbocycles. The second-order valence-corrected chi connectivity index (χ2v) is 5.44. The number of nitrogens with one attached hydrogen (secondary N) is 1.